The summed E-state index contributed by atoms with van der Waals surface area (Å²) >= 11 is 0. The maximum Gasteiger partial charge on any atom is 0.243 e. The maximum atomic E-state index is 15.1. The van der Waals surface area contributed by atoms with E-state index in [1.54, 1.807) is 11.1 Å². The van der Waals surface area contributed by atoms with E-state index in [0.717, 1.165) is 18.9 Å². The zero-order chi connectivity index (χ0) is 22.2. The van der Waals surface area contributed by atoms with Crippen molar-refractivity contribution in [2.45, 2.75) is 42.7 Å². The number of nitrogens with one attached hydrogen (secondary N) is 1. The fourth-order valence-corrected chi connectivity index (χ4v) is 5.78. The van der Waals surface area contributed by atoms with Crippen molar-refractivity contribution in [3.63, 3.8) is 0 Å². The first kappa shape index (κ1) is 21.9. The minimum Gasteiger partial charge on any atom is -0.404 e. The smallest absolute Gasteiger partial charge is 0.243 e. The van der Waals surface area contributed by atoms with Crippen LogP contribution < -0.4 is 5.73 Å². The Balaban J connectivity index is 1.63. The first-order valence-electron chi connectivity index (χ1n) is 10.4. The third-order valence-corrected chi connectivity index (χ3v) is 8.03. The van der Waals surface area contributed by atoms with E-state index < -0.39 is 15.8 Å². The number of nitrogens with zero attached hydrogens (tertiary/aromatic N) is 2. The average molecular weight is 451 g/mol. The summed E-state index contributed by atoms with van der Waals surface area (Å²) in [6.07, 6.45) is 5.43. The fraction of sp³-hybridized carbons (Fsp3) is 0.476. The van der Waals surface area contributed by atoms with Gasteiger partial charge in [0.2, 0.25) is 10.0 Å². The number of hydrogen-bond donors (Lipinski definition) is 3. The van der Waals surface area contributed by atoms with Gasteiger partial charge < -0.3 is 20.5 Å². The lowest BCUT2D eigenvalue weighted by atomic mass is 9.92. The molecule has 168 valence electrons. The number of amidine groups is 1. The van der Waals surface area contributed by atoms with Crippen LogP contribution in [0.25, 0.3) is 5.57 Å². The van der Waals surface area contributed by atoms with Gasteiger partial charge in [0.15, 0.2) is 0 Å². The van der Waals surface area contributed by atoms with Gasteiger partial charge in [-0.2, -0.15) is 4.31 Å². The topological polar surface area (TPSA) is 120 Å². The second-order valence-corrected chi connectivity index (χ2v) is 9.94. The van der Waals surface area contributed by atoms with Crippen molar-refractivity contribution in [2.75, 3.05) is 26.3 Å². The Morgan fingerprint density at radius 3 is 2.48 bits per heavy atom. The van der Waals surface area contributed by atoms with Crippen LogP contribution in [0.2, 0.25) is 0 Å². The van der Waals surface area contributed by atoms with Gasteiger partial charge >= 0.3 is 0 Å². The summed E-state index contributed by atoms with van der Waals surface area (Å²) in [5, 5.41) is 18.3. The molecule has 4 N–H and O–H groups in total. The molecular weight excluding hydrogens is 423 g/mol. The predicted molar refractivity (Wildman–Crippen MR) is 114 cm³/mol. The van der Waals surface area contributed by atoms with Gasteiger partial charge in [-0.05, 0) is 37.8 Å². The fourth-order valence-electron chi connectivity index (χ4n) is 4.36. The lowest BCUT2D eigenvalue weighted by Gasteiger charge is -2.32. The number of sulfonamides is 1. The van der Waals surface area contributed by atoms with Gasteiger partial charge in [-0.25, -0.2) is 12.8 Å². The number of ether oxygens (including phenoxy) is 1. The highest BCUT2D eigenvalue weighted by Crippen LogP contribution is 2.37. The first-order valence-corrected chi connectivity index (χ1v) is 11.8. The molecule has 2 fully saturated rings. The molecule has 1 aromatic rings. The molecule has 0 atom stereocenters. The summed E-state index contributed by atoms with van der Waals surface area (Å²) in [6.45, 7) is 1.10. The van der Waals surface area contributed by atoms with Crippen LogP contribution in [0.3, 0.4) is 0 Å². The highest BCUT2D eigenvalue weighted by Gasteiger charge is 2.34. The first-order chi connectivity index (χ1) is 14.8. The molecule has 1 saturated heterocycles. The van der Waals surface area contributed by atoms with Crippen molar-refractivity contribution in [1.29, 1.82) is 5.41 Å². The molecule has 1 aliphatic carbocycles. The molecule has 0 radical (unpaired) electrons. The van der Waals surface area contributed by atoms with Crippen molar-refractivity contribution >= 4 is 21.4 Å². The number of nitrogens with two attached hydrogens (primary N) is 1. The molecule has 8 nitrogen and oxygen atoms in total. The van der Waals surface area contributed by atoms with Gasteiger partial charge in [0, 0.05) is 48.2 Å². The molecule has 4 rings (SSSR count). The second kappa shape index (κ2) is 8.70. The highest BCUT2D eigenvalue weighted by molar-refractivity contribution is 7.89. The van der Waals surface area contributed by atoms with Gasteiger partial charge in [0.1, 0.15) is 11.7 Å². The van der Waals surface area contributed by atoms with Gasteiger partial charge in [-0.3, -0.25) is 5.41 Å². The van der Waals surface area contributed by atoms with Gasteiger partial charge in [-0.1, -0.05) is 6.07 Å². The summed E-state index contributed by atoms with van der Waals surface area (Å²) in [7, 11) is -3.81. The molecule has 2 heterocycles. The van der Waals surface area contributed by atoms with Crippen molar-refractivity contribution in [3.8, 4) is 0 Å². The molecule has 2 aliphatic heterocycles. The number of halogens is 1. The quantitative estimate of drug-likeness (QED) is 0.641. The van der Waals surface area contributed by atoms with Crippen LogP contribution in [0.4, 0.5) is 4.39 Å². The number of morpholine rings is 1. The average Bonchev–Trinajstić information content (AvgIpc) is 3.10. The monoisotopic (exact) mass is 450 g/mol. The maximum absolute atomic E-state index is 15.1. The van der Waals surface area contributed by atoms with Crippen LogP contribution in [0.5, 0.6) is 0 Å². The largest absolute Gasteiger partial charge is 0.404 e. The molecular formula is C21H27FN4O4S. The third kappa shape index (κ3) is 4.12. The van der Waals surface area contributed by atoms with E-state index in [-0.39, 0.29) is 41.5 Å². The van der Waals surface area contributed by atoms with E-state index in [4.69, 9.17) is 15.9 Å². The molecule has 1 saturated carbocycles. The zero-order valence-corrected chi connectivity index (χ0v) is 17.9. The Kier molecular flexibility index (Phi) is 6.16. The second-order valence-electron chi connectivity index (χ2n) is 8.00. The Morgan fingerprint density at radius 2 is 1.87 bits per heavy atom. The molecule has 0 amide bonds. The van der Waals surface area contributed by atoms with E-state index in [2.05, 4.69) is 0 Å². The van der Waals surface area contributed by atoms with Crippen LogP contribution in [0.1, 0.15) is 31.2 Å². The van der Waals surface area contributed by atoms with Crippen LogP contribution in [-0.2, 0) is 14.8 Å². The normalized spacial score (nSPS) is 27.0. The lowest BCUT2D eigenvalue weighted by molar-refractivity contribution is 0.0730. The summed E-state index contributed by atoms with van der Waals surface area (Å²) in [5.74, 6) is -0.503. The number of hydrogen-bond acceptors (Lipinski definition) is 6. The van der Waals surface area contributed by atoms with Crippen molar-refractivity contribution in [2.24, 2.45) is 5.73 Å². The third-order valence-electron chi connectivity index (χ3n) is 6.14. The standard InChI is InChI=1S/C21H27FN4O4S/c22-20-11-16(31(28,29)25-7-9-30-10-8-25)5-6-17(20)19-13-26(21(24)18(19)12-23)14-1-3-15(27)4-2-14/h5-6,11-15,24,27H,1-4,7-10,23H2/b18-12-,24-21?/t14-,15-. The lowest BCUT2D eigenvalue weighted by Crippen LogP contribution is -2.40. The van der Waals surface area contributed by atoms with Gasteiger partial charge in [0.05, 0.1) is 24.2 Å². The molecule has 3 aliphatic rings. The molecule has 10 heteroatoms. The molecule has 0 bridgehead atoms. The highest BCUT2D eigenvalue weighted by atomic mass is 32.2. The minimum absolute atomic E-state index is 0.0346. The number of benzene rings is 1. The van der Waals surface area contributed by atoms with Crippen LogP contribution in [0.15, 0.2) is 41.1 Å². The van der Waals surface area contributed by atoms with Crippen molar-refractivity contribution < 1.29 is 22.7 Å². The number of aliphatic hydroxyl groups excluding tert-OH is 1. The molecule has 0 unspecified atom stereocenters. The SMILES string of the molecule is N=C1/C(=C\N)C(c2ccc(S(=O)(=O)N3CCOCC3)cc2F)=CN1[C@H]1CC[C@H](O)CC1. The minimum atomic E-state index is -3.81. The van der Waals surface area contributed by atoms with E-state index in [1.165, 1.54) is 22.6 Å². The van der Waals surface area contributed by atoms with Crippen molar-refractivity contribution in [3.05, 3.63) is 47.6 Å². The summed E-state index contributed by atoms with van der Waals surface area (Å²) < 4.78 is 47.3. The van der Waals surface area contributed by atoms with Crippen molar-refractivity contribution in [1.82, 2.24) is 9.21 Å². The molecule has 1 aromatic carbocycles. The predicted octanol–water partition coefficient (Wildman–Crippen LogP) is 1.63. The van der Waals surface area contributed by atoms with Gasteiger partial charge in [0.25, 0.3) is 0 Å². The van der Waals surface area contributed by atoms with Crippen LogP contribution in [0, 0.1) is 11.2 Å². The van der Waals surface area contributed by atoms with E-state index >= 15 is 4.39 Å². The number of aliphatic hydroxyl groups is 1. The Morgan fingerprint density at radius 1 is 1.19 bits per heavy atom. The summed E-state index contributed by atoms with van der Waals surface area (Å²) in [5.41, 5.74) is 6.81. The van der Waals surface area contributed by atoms with Crippen LogP contribution in [-0.4, -0.2) is 67.0 Å². The Bertz CT molecular complexity index is 1030. The summed E-state index contributed by atoms with van der Waals surface area (Å²) in [4.78, 5) is 1.67. The van der Waals surface area contributed by atoms with E-state index in [9.17, 15) is 13.5 Å². The molecule has 31 heavy (non-hydrogen) atoms. The Labute approximate surface area is 181 Å². The van der Waals surface area contributed by atoms with Gasteiger partial charge in [-0.15, -0.1) is 0 Å². The molecule has 0 spiro atoms. The van der Waals surface area contributed by atoms with Crippen LogP contribution >= 0.6 is 0 Å². The zero-order valence-electron chi connectivity index (χ0n) is 17.1. The van der Waals surface area contributed by atoms with E-state index in [0.29, 0.717) is 37.2 Å². The molecule has 0 aromatic heterocycles. The number of rotatable bonds is 4. The summed E-state index contributed by atoms with van der Waals surface area (Å²) in [6, 6.07) is 3.88. The van der Waals surface area contributed by atoms with E-state index in [1.807, 2.05) is 0 Å². The Hall–Kier alpha value is -2.27.